The fourth-order valence-electron chi connectivity index (χ4n) is 2.10. The number of rotatable bonds is 5. The number of aromatic carboxylic acids is 1. The Labute approximate surface area is 101 Å². The molecule has 92 valence electrons. The van der Waals surface area contributed by atoms with Crippen LogP contribution in [0, 0.1) is 5.92 Å². The average Bonchev–Trinajstić information content (AvgIpc) is 2.28. The van der Waals surface area contributed by atoms with Gasteiger partial charge in [-0.2, -0.15) is 0 Å². The Balaban J connectivity index is 2.11. The molecule has 0 bridgehead atoms. The van der Waals surface area contributed by atoms with Gasteiger partial charge in [-0.1, -0.05) is 6.42 Å². The van der Waals surface area contributed by atoms with Gasteiger partial charge >= 0.3 is 5.97 Å². The van der Waals surface area contributed by atoms with E-state index in [2.05, 4.69) is 16.8 Å². The first-order valence-electron chi connectivity index (χ1n) is 6.15. The van der Waals surface area contributed by atoms with E-state index in [1.807, 2.05) is 0 Å². The minimum Gasteiger partial charge on any atom is -0.478 e. The van der Waals surface area contributed by atoms with Crippen LogP contribution in [0.25, 0.3) is 0 Å². The minimum absolute atomic E-state index is 0.307. The van der Waals surface area contributed by atoms with E-state index in [1.165, 1.54) is 25.3 Å². The number of carbonyl (C=O) groups is 1. The van der Waals surface area contributed by atoms with Gasteiger partial charge in [-0.25, -0.2) is 9.78 Å². The van der Waals surface area contributed by atoms with E-state index in [0.29, 0.717) is 5.56 Å². The van der Waals surface area contributed by atoms with Gasteiger partial charge in [-0.15, -0.1) is 0 Å². The lowest BCUT2D eigenvalue weighted by Crippen LogP contribution is -2.33. The summed E-state index contributed by atoms with van der Waals surface area (Å²) in [6.07, 6.45) is 5.47. The van der Waals surface area contributed by atoms with Crippen LogP contribution in [0.1, 0.15) is 36.5 Å². The van der Waals surface area contributed by atoms with Crippen molar-refractivity contribution in [1.29, 1.82) is 0 Å². The van der Waals surface area contributed by atoms with Gasteiger partial charge in [0.25, 0.3) is 0 Å². The monoisotopic (exact) mass is 234 g/mol. The predicted octanol–water partition coefficient (Wildman–Crippen LogP) is 2.41. The number of hydrogen-bond acceptors (Lipinski definition) is 3. The topological polar surface area (TPSA) is 53.4 Å². The van der Waals surface area contributed by atoms with Crippen LogP contribution in [-0.4, -0.2) is 29.1 Å². The molecule has 1 N–H and O–H groups in total. The van der Waals surface area contributed by atoms with Crippen molar-refractivity contribution in [3.8, 4) is 0 Å². The van der Waals surface area contributed by atoms with Crippen LogP contribution >= 0.6 is 0 Å². The van der Waals surface area contributed by atoms with Gasteiger partial charge in [0, 0.05) is 19.3 Å². The summed E-state index contributed by atoms with van der Waals surface area (Å²) in [5, 5.41) is 8.96. The molecule has 1 saturated carbocycles. The number of carboxylic acid groups (broad SMARTS) is 1. The molecule has 1 aromatic heterocycles. The van der Waals surface area contributed by atoms with Crippen molar-refractivity contribution >= 4 is 11.8 Å². The summed E-state index contributed by atoms with van der Waals surface area (Å²) in [7, 11) is 0. The van der Waals surface area contributed by atoms with E-state index in [4.69, 9.17) is 5.11 Å². The first-order chi connectivity index (χ1) is 8.20. The van der Waals surface area contributed by atoms with Crippen molar-refractivity contribution in [2.75, 3.05) is 18.0 Å². The minimum atomic E-state index is -0.895. The van der Waals surface area contributed by atoms with E-state index < -0.39 is 5.97 Å². The molecule has 4 heteroatoms. The lowest BCUT2D eigenvalue weighted by atomic mass is 9.85. The summed E-state index contributed by atoms with van der Waals surface area (Å²) in [6.45, 7) is 3.94. The molecule has 0 atom stereocenters. The first-order valence-corrected chi connectivity index (χ1v) is 6.15. The molecule has 0 aromatic carbocycles. The molecule has 0 radical (unpaired) electrons. The Morgan fingerprint density at radius 1 is 1.59 bits per heavy atom. The molecule has 0 amide bonds. The molecule has 1 heterocycles. The van der Waals surface area contributed by atoms with Gasteiger partial charge in [0.2, 0.25) is 0 Å². The summed E-state index contributed by atoms with van der Waals surface area (Å²) < 4.78 is 0. The quantitative estimate of drug-likeness (QED) is 0.850. The number of hydrogen-bond donors (Lipinski definition) is 1. The second-order valence-electron chi connectivity index (χ2n) is 4.54. The molecule has 1 aliphatic rings. The predicted molar refractivity (Wildman–Crippen MR) is 66.4 cm³/mol. The Morgan fingerprint density at radius 2 is 2.35 bits per heavy atom. The van der Waals surface area contributed by atoms with E-state index in [9.17, 15) is 4.79 Å². The largest absolute Gasteiger partial charge is 0.478 e. The zero-order valence-electron chi connectivity index (χ0n) is 10.1. The Kier molecular flexibility index (Phi) is 3.61. The fourth-order valence-corrected chi connectivity index (χ4v) is 2.10. The van der Waals surface area contributed by atoms with E-state index in [-0.39, 0.29) is 0 Å². The summed E-state index contributed by atoms with van der Waals surface area (Å²) in [5.41, 5.74) is 0.307. The third-order valence-electron chi connectivity index (χ3n) is 3.40. The van der Waals surface area contributed by atoms with E-state index >= 15 is 0 Å². The smallest absolute Gasteiger partial charge is 0.335 e. The van der Waals surface area contributed by atoms with Gasteiger partial charge < -0.3 is 10.0 Å². The fraction of sp³-hybridized carbons (Fsp3) is 0.538. The molecular weight excluding hydrogens is 216 g/mol. The highest BCUT2D eigenvalue weighted by molar-refractivity contribution is 5.88. The Hall–Kier alpha value is -1.58. The van der Waals surface area contributed by atoms with Gasteiger partial charge in [-0.3, -0.25) is 0 Å². The number of carboxylic acids is 1. The maximum atomic E-state index is 10.9. The van der Waals surface area contributed by atoms with Crippen LogP contribution in [0.4, 0.5) is 5.82 Å². The van der Waals surface area contributed by atoms with Gasteiger partial charge in [0.05, 0.1) is 5.56 Å². The lowest BCUT2D eigenvalue weighted by Gasteiger charge is -2.32. The molecule has 0 saturated heterocycles. The summed E-state index contributed by atoms with van der Waals surface area (Å²) >= 11 is 0. The Bertz CT molecular complexity index is 402. The zero-order chi connectivity index (χ0) is 12.3. The van der Waals surface area contributed by atoms with Crippen LogP contribution in [0.5, 0.6) is 0 Å². The third kappa shape index (κ3) is 2.75. The third-order valence-corrected chi connectivity index (χ3v) is 3.40. The van der Waals surface area contributed by atoms with Crippen LogP contribution in [0.3, 0.4) is 0 Å². The molecule has 1 aromatic rings. The van der Waals surface area contributed by atoms with Crippen LogP contribution in [0.2, 0.25) is 0 Å². The maximum Gasteiger partial charge on any atom is 0.335 e. The van der Waals surface area contributed by atoms with Crippen LogP contribution < -0.4 is 4.90 Å². The molecule has 1 fully saturated rings. The number of aromatic nitrogens is 1. The maximum absolute atomic E-state index is 10.9. The van der Waals surface area contributed by atoms with E-state index in [1.54, 1.807) is 12.3 Å². The average molecular weight is 234 g/mol. The van der Waals surface area contributed by atoms with E-state index in [0.717, 1.165) is 24.8 Å². The van der Waals surface area contributed by atoms with Crippen LogP contribution in [-0.2, 0) is 0 Å². The number of nitrogens with zero attached hydrogens (tertiary/aromatic N) is 2. The normalized spacial score (nSPS) is 15.4. The van der Waals surface area contributed by atoms with Crippen molar-refractivity contribution in [2.45, 2.75) is 26.2 Å². The second kappa shape index (κ2) is 5.17. The highest BCUT2D eigenvalue weighted by Gasteiger charge is 2.21. The van der Waals surface area contributed by atoms with Gasteiger partial charge in [0.1, 0.15) is 5.82 Å². The van der Waals surface area contributed by atoms with Crippen molar-refractivity contribution in [1.82, 2.24) is 4.98 Å². The molecule has 0 spiro atoms. The lowest BCUT2D eigenvalue weighted by molar-refractivity contribution is 0.0697. The Morgan fingerprint density at radius 3 is 2.88 bits per heavy atom. The van der Waals surface area contributed by atoms with Crippen molar-refractivity contribution < 1.29 is 9.90 Å². The molecule has 0 unspecified atom stereocenters. The summed E-state index contributed by atoms with van der Waals surface area (Å²) in [6, 6.07) is 3.19. The number of pyridine rings is 1. The summed E-state index contributed by atoms with van der Waals surface area (Å²) in [4.78, 5) is 17.3. The SMILES string of the molecule is CCN(CC1CCC1)c1cc(C(=O)O)ccn1. The van der Waals surface area contributed by atoms with Gasteiger partial charge in [-0.05, 0) is 37.8 Å². The molecular formula is C13H18N2O2. The zero-order valence-corrected chi connectivity index (χ0v) is 10.1. The second-order valence-corrected chi connectivity index (χ2v) is 4.54. The molecule has 1 aliphatic carbocycles. The van der Waals surface area contributed by atoms with Crippen molar-refractivity contribution in [2.24, 2.45) is 5.92 Å². The van der Waals surface area contributed by atoms with Gasteiger partial charge in [0.15, 0.2) is 0 Å². The number of anilines is 1. The van der Waals surface area contributed by atoms with Crippen molar-refractivity contribution in [3.63, 3.8) is 0 Å². The first kappa shape index (κ1) is 11.9. The highest BCUT2D eigenvalue weighted by atomic mass is 16.4. The van der Waals surface area contributed by atoms with Crippen LogP contribution in [0.15, 0.2) is 18.3 Å². The van der Waals surface area contributed by atoms with Crippen molar-refractivity contribution in [3.05, 3.63) is 23.9 Å². The highest BCUT2D eigenvalue weighted by Crippen LogP contribution is 2.28. The summed E-state index contributed by atoms with van der Waals surface area (Å²) in [5.74, 6) is 0.637. The standard InChI is InChI=1S/C13H18N2O2/c1-2-15(9-10-4-3-5-10)12-8-11(13(16)17)6-7-14-12/h6-8,10H,2-5,9H2,1H3,(H,16,17). The molecule has 0 aliphatic heterocycles. The molecule has 4 nitrogen and oxygen atoms in total. The molecule has 2 rings (SSSR count). The molecule has 17 heavy (non-hydrogen) atoms.